The van der Waals surface area contributed by atoms with Crippen LogP contribution in [-0.2, 0) is 0 Å². The summed E-state index contributed by atoms with van der Waals surface area (Å²) in [4.78, 5) is 0. The normalized spacial score (nSPS) is 20.5. The minimum absolute atomic E-state index is 0.626. The van der Waals surface area contributed by atoms with Crippen molar-refractivity contribution < 1.29 is 4.74 Å². The fourth-order valence-corrected chi connectivity index (χ4v) is 1.96. The summed E-state index contributed by atoms with van der Waals surface area (Å²) in [6, 6.07) is 5.87. The highest BCUT2D eigenvalue weighted by Gasteiger charge is 2.15. The topological polar surface area (TPSA) is 21.3 Å². The lowest BCUT2D eigenvalue weighted by molar-refractivity contribution is 0.260. The Morgan fingerprint density at radius 2 is 2.40 bits per heavy atom. The van der Waals surface area contributed by atoms with E-state index in [1.54, 1.807) is 0 Å². The van der Waals surface area contributed by atoms with Gasteiger partial charge in [-0.25, -0.2) is 0 Å². The highest BCUT2D eigenvalue weighted by Crippen LogP contribution is 2.26. The number of benzene rings is 1. The largest absolute Gasteiger partial charge is 0.492 e. The van der Waals surface area contributed by atoms with Gasteiger partial charge in [0.25, 0.3) is 0 Å². The predicted octanol–water partition coefficient (Wildman–Crippen LogP) is 2.64. The third kappa shape index (κ3) is 2.86. The smallest absolute Gasteiger partial charge is 0.138 e. The molecule has 0 radical (unpaired) electrons. The van der Waals surface area contributed by atoms with Gasteiger partial charge in [-0.05, 0) is 37.6 Å². The van der Waals surface area contributed by atoms with E-state index in [4.69, 9.17) is 16.3 Å². The SMILES string of the molecule is Cc1ccc(Cl)c(OC[C@@H]2CCNC2)c1. The molecule has 0 unspecified atom stereocenters. The van der Waals surface area contributed by atoms with Crippen LogP contribution in [0.3, 0.4) is 0 Å². The Morgan fingerprint density at radius 1 is 1.53 bits per heavy atom. The van der Waals surface area contributed by atoms with E-state index in [1.165, 1.54) is 12.0 Å². The molecule has 1 fully saturated rings. The van der Waals surface area contributed by atoms with Crippen LogP contribution in [0.1, 0.15) is 12.0 Å². The minimum Gasteiger partial charge on any atom is -0.492 e. The second kappa shape index (κ2) is 4.86. The molecule has 3 heteroatoms. The average molecular weight is 226 g/mol. The van der Waals surface area contributed by atoms with Crippen LogP contribution in [0.4, 0.5) is 0 Å². The Labute approximate surface area is 95.6 Å². The van der Waals surface area contributed by atoms with E-state index in [0.717, 1.165) is 25.4 Å². The Balaban J connectivity index is 1.94. The van der Waals surface area contributed by atoms with Crippen molar-refractivity contribution in [3.63, 3.8) is 0 Å². The maximum Gasteiger partial charge on any atom is 0.138 e. The molecule has 1 saturated heterocycles. The fraction of sp³-hybridized carbons (Fsp3) is 0.500. The van der Waals surface area contributed by atoms with Crippen LogP contribution in [0.2, 0.25) is 5.02 Å². The first-order chi connectivity index (χ1) is 7.25. The lowest BCUT2D eigenvalue weighted by Crippen LogP contribution is -2.15. The molecule has 1 aliphatic heterocycles. The number of ether oxygens (including phenoxy) is 1. The summed E-state index contributed by atoms with van der Waals surface area (Å²) in [5.74, 6) is 1.44. The number of rotatable bonds is 3. The highest BCUT2D eigenvalue weighted by atomic mass is 35.5. The molecule has 0 amide bonds. The third-order valence-electron chi connectivity index (χ3n) is 2.72. The molecule has 82 valence electrons. The summed E-state index contributed by atoms with van der Waals surface area (Å²) in [7, 11) is 0. The number of hydrogen-bond donors (Lipinski definition) is 1. The molecule has 1 aromatic rings. The quantitative estimate of drug-likeness (QED) is 0.854. The summed E-state index contributed by atoms with van der Waals surface area (Å²) < 4.78 is 5.73. The second-order valence-electron chi connectivity index (χ2n) is 4.10. The van der Waals surface area contributed by atoms with Crippen molar-refractivity contribution >= 4 is 11.6 Å². The predicted molar refractivity (Wildman–Crippen MR) is 62.7 cm³/mol. The molecule has 15 heavy (non-hydrogen) atoms. The van der Waals surface area contributed by atoms with Gasteiger partial charge in [0.1, 0.15) is 5.75 Å². The average Bonchev–Trinajstić information content (AvgIpc) is 2.72. The maximum absolute atomic E-state index is 6.04. The van der Waals surface area contributed by atoms with Crippen molar-refractivity contribution in [2.45, 2.75) is 13.3 Å². The fourth-order valence-electron chi connectivity index (χ4n) is 1.79. The van der Waals surface area contributed by atoms with E-state index in [0.29, 0.717) is 10.9 Å². The van der Waals surface area contributed by atoms with Gasteiger partial charge in [0, 0.05) is 12.5 Å². The van der Waals surface area contributed by atoms with Crippen molar-refractivity contribution in [1.29, 1.82) is 0 Å². The van der Waals surface area contributed by atoms with Gasteiger partial charge >= 0.3 is 0 Å². The number of nitrogens with one attached hydrogen (secondary N) is 1. The Kier molecular flexibility index (Phi) is 3.49. The minimum atomic E-state index is 0.626. The van der Waals surface area contributed by atoms with Gasteiger partial charge in [-0.1, -0.05) is 17.7 Å². The van der Waals surface area contributed by atoms with Gasteiger partial charge in [0.15, 0.2) is 0 Å². The second-order valence-corrected chi connectivity index (χ2v) is 4.51. The molecule has 1 atom stereocenters. The number of hydrogen-bond acceptors (Lipinski definition) is 2. The van der Waals surface area contributed by atoms with Crippen LogP contribution in [0, 0.1) is 12.8 Å². The molecule has 0 saturated carbocycles. The first-order valence-electron chi connectivity index (χ1n) is 5.35. The number of halogens is 1. The van der Waals surface area contributed by atoms with Crippen LogP contribution in [0.25, 0.3) is 0 Å². The van der Waals surface area contributed by atoms with Gasteiger partial charge in [-0.15, -0.1) is 0 Å². The molecule has 1 aliphatic rings. The van der Waals surface area contributed by atoms with E-state index in [1.807, 2.05) is 25.1 Å². The molecule has 1 heterocycles. The summed E-state index contributed by atoms with van der Waals surface area (Å²) in [6.45, 7) is 4.97. The molecule has 2 rings (SSSR count). The lowest BCUT2D eigenvalue weighted by Gasteiger charge is -2.12. The van der Waals surface area contributed by atoms with Crippen LogP contribution in [-0.4, -0.2) is 19.7 Å². The van der Waals surface area contributed by atoms with Gasteiger partial charge in [-0.2, -0.15) is 0 Å². The summed E-state index contributed by atoms with van der Waals surface area (Å²) in [5, 5.41) is 4.02. The molecule has 0 aliphatic carbocycles. The van der Waals surface area contributed by atoms with Gasteiger partial charge in [0.2, 0.25) is 0 Å². The van der Waals surface area contributed by atoms with Crippen LogP contribution >= 0.6 is 11.6 Å². The van der Waals surface area contributed by atoms with E-state index < -0.39 is 0 Å². The summed E-state index contributed by atoms with van der Waals surface area (Å²) in [6.07, 6.45) is 1.20. The Bertz CT molecular complexity index is 334. The molecule has 0 aromatic heterocycles. The van der Waals surface area contributed by atoms with Crippen LogP contribution in [0.15, 0.2) is 18.2 Å². The zero-order valence-electron chi connectivity index (χ0n) is 8.92. The van der Waals surface area contributed by atoms with Crippen molar-refractivity contribution in [3.05, 3.63) is 28.8 Å². The Morgan fingerprint density at radius 3 is 3.13 bits per heavy atom. The van der Waals surface area contributed by atoms with Crippen molar-refractivity contribution in [1.82, 2.24) is 5.32 Å². The number of aryl methyl sites for hydroxylation is 1. The molecule has 0 bridgehead atoms. The Hall–Kier alpha value is -0.730. The zero-order valence-corrected chi connectivity index (χ0v) is 9.68. The van der Waals surface area contributed by atoms with Crippen LogP contribution < -0.4 is 10.1 Å². The van der Waals surface area contributed by atoms with Gasteiger partial charge < -0.3 is 10.1 Å². The molecular formula is C12H16ClNO. The van der Waals surface area contributed by atoms with Crippen molar-refractivity contribution in [2.75, 3.05) is 19.7 Å². The van der Waals surface area contributed by atoms with E-state index in [2.05, 4.69) is 5.32 Å². The van der Waals surface area contributed by atoms with Gasteiger partial charge in [0.05, 0.1) is 11.6 Å². The molecule has 1 aromatic carbocycles. The van der Waals surface area contributed by atoms with E-state index >= 15 is 0 Å². The molecule has 0 spiro atoms. The molecule has 1 N–H and O–H groups in total. The van der Waals surface area contributed by atoms with Crippen molar-refractivity contribution in [2.24, 2.45) is 5.92 Å². The first-order valence-corrected chi connectivity index (χ1v) is 5.73. The third-order valence-corrected chi connectivity index (χ3v) is 3.04. The first kappa shape index (κ1) is 10.8. The lowest BCUT2D eigenvalue weighted by atomic mass is 10.1. The molecule has 2 nitrogen and oxygen atoms in total. The highest BCUT2D eigenvalue weighted by molar-refractivity contribution is 6.32. The molecular weight excluding hydrogens is 210 g/mol. The van der Waals surface area contributed by atoms with Crippen LogP contribution in [0.5, 0.6) is 5.75 Å². The van der Waals surface area contributed by atoms with Crippen molar-refractivity contribution in [3.8, 4) is 5.75 Å². The van der Waals surface area contributed by atoms with E-state index in [-0.39, 0.29) is 0 Å². The zero-order chi connectivity index (χ0) is 10.7. The monoisotopic (exact) mass is 225 g/mol. The van der Waals surface area contributed by atoms with Gasteiger partial charge in [-0.3, -0.25) is 0 Å². The maximum atomic E-state index is 6.04. The summed E-state index contributed by atoms with van der Waals surface area (Å²) in [5.41, 5.74) is 1.18. The standard InChI is InChI=1S/C12H16ClNO/c1-9-2-3-11(13)12(6-9)15-8-10-4-5-14-7-10/h2-3,6,10,14H,4-5,7-8H2,1H3/t10-/m1/s1. The summed E-state index contributed by atoms with van der Waals surface area (Å²) >= 11 is 6.04. The van der Waals surface area contributed by atoms with E-state index in [9.17, 15) is 0 Å².